The maximum Gasteiger partial charge on any atom is 0.243 e. The lowest BCUT2D eigenvalue weighted by atomic mass is 10.1. The number of rotatable bonds is 4. The van der Waals surface area contributed by atoms with Gasteiger partial charge in [0, 0.05) is 6.54 Å². The number of hydrogen-bond donors (Lipinski definition) is 1. The van der Waals surface area contributed by atoms with Gasteiger partial charge in [0.15, 0.2) is 0 Å². The minimum absolute atomic E-state index is 0.0291. The van der Waals surface area contributed by atoms with Crippen LogP contribution in [0.2, 0.25) is 0 Å². The van der Waals surface area contributed by atoms with Crippen molar-refractivity contribution in [3.05, 3.63) is 64.7 Å². The summed E-state index contributed by atoms with van der Waals surface area (Å²) in [6.07, 6.45) is 0. The molecule has 2 aromatic carbocycles. The summed E-state index contributed by atoms with van der Waals surface area (Å²) >= 11 is 0. The molecule has 0 saturated carbocycles. The average molecular weight is 311 g/mol. The maximum absolute atomic E-state index is 13.5. The van der Waals surface area contributed by atoms with Gasteiger partial charge in [-0.05, 0) is 42.7 Å². The minimum atomic E-state index is -3.94. The van der Waals surface area contributed by atoms with Crippen molar-refractivity contribution in [3.8, 4) is 0 Å². The van der Waals surface area contributed by atoms with Crippen LogP contribution >= 0.6 is 0 Å². The second kappa shape index (κ2) is 5.91. The van der Waals surface area contributed by atoms with E-state index in [9.17, 15) is 17.2 Å². The lowest BCUT2D eigenvalue weighted by Gasteiger charge is -2.10. The Balaban J connectivity index is 2.22. The molecular weight excluding hydrogens is 296 g/mol. The van der Waals surface area contributed by atoms with Gasteiger partial charge in [-0.3, -0.25) is 0 Å². The summed E-state index contributed by atoms with van der Waals surface area (Å²) in [5.74, 6) is -1.12. The van der Waals surface area contributed by atoms with E-state index in [1.54, 1.807) is 26.0 Å². The van der Waals surface area contributed by atoms with E-state index >= 15 is 0 Å². The number of hydrogen-bond acceptors (Lipinski definition) is 2. The van der Waals surface area contributed by atoms with Crippen molar-refractivity contribution in [2.24, 2.45) is 0 Å². The Kier molecular flexibility index (Phi) is 4.39. The molecule has 0 aromatic heterocycles. The predicted octanol–water partition coefficient (Wildman–Crippen LogP) is 3.06. The molecule has 0 radical (unpaired) electrons. The van der Waals surface area contributed by atoms with Crippen LogP contribution in [0.4, 0.5) is 8.78 Å². The van der Waals surface area contributed by atoms with Gasteiger partial charge in [-0.15, -0.1) is 0 Å². The van der Waals surface area contributed by atoms with Crippen molar-refractivity contribution >= 4 is 10.0 Å². The summed E-state index contributed by atoms with van der Waals surface area (Å²) in [7, 11) is -3.94. The molecule has 0 aliphatic carbocycles. The standard InChI is InChI=1S/C15H15F2NO2S/c1-10-7-12(8-11(2)15(10)17)9-18-21(19,20)14-6-4-3-5-13(14)16/h3-8,18H,9H2,1-2H3. The van der Waals surface area contributed by atoms with Crippen molar-refractivity contribution in [1.29, 1.82) is 0 Å². The van der Waals surface area contributed by atoms with Gasteiger partial charge < -0.3 is 0 Å². The highest BCUT2D eigenvalue weighted by atomic mass is 32.2. The summed E-state index contributed by atoms with van der Waals surface area (Å²) in [4.78, 5) is -0.402. The van der Waals surface area contributed by atoms with Crippen molar-refractivity contribution in [2.75, 3.05) is 0 Å². The van der Waals surface area contributed by atoms with Gasteiger partial charge in [-0.1, -0.05) is 24.3 Å². The smallest absolute Gasteiger partial charge is 0.207 e. The van der Waals surface area contributed by atoms with Crippen LogP contribution in [0.1, 0.15) is 16.7 Å². The Labute approximate surface area is 122 Å². The van der Waals surface area contributed by atoms with Gasteiger partial charge in [0.05, 0.1) is 0 Å². The molecule has 0 aliphatic rings. The number of aryl methyl sites for hydroxylation is 2. The third-order valence-electron chi connectivity index (χ3n) is 3.09. The first-order valence-corrected chi connectivity index (χ1v) is 7.79. The molecule has 3 nitrogen and oxygen atoms in total. The molecule has 0 amide bonds. The Bertz CT molecular complexity index is 750. The van der Waals surface area contributed by atoms with Crippen molar-refractivity contribution in [2.45, 2.75) is 25.3 Å². The number of halogens is 2. The quantitative estimate of drug-likeness (QED) is 0.943. The van der Waals surface area contributed by atoms with E-state index in [0.717, 1.165) is 6.07 Å². The Morgan fingerprint density at radius 2 is 1.62 bits per heavy atom. The van der Waals surface area contributed by atoms with Crippen LogP contribution < -0.4 is 4.72 Å². The second-order valence-electron chi connectivity index (χ2n) is 4.80. The molecular formula is C15H15F2NO2S. The maximum atomic E-state index is 13.5. The van der Waals surface area contributed by atoms with Crippen LogP contribution in [-0.4, -0.2) is 8.42 Å². The Morgan fingerprint density at radius 3 is 2.19 bits per heavy atom. The third kappa shape index (κ3) is 3.46. The zero-order chi connectivity index (χ0) is 15.6. The van der Waals surface area contributed by atoms with E-state index in [1.165, 1.54) is 18.2 Å². The van der Waals surface area contributed by atoms with Crippen LogP contribution in [-0.2, 0) is 16.6 Å². The van der Waals surface area contributed by atoms with Gasteiger partial charge >= 0.3 is 0 Å². The van der Waals surface area contributed by atoms with E-state index in [-0.39, 0.29) is 12.4 Å². The molecule has 0 unspecified atom stereocenters. The van der Waals surface area contributed by atoms with Crippen LogP contribution in [0.3, 0.4) is 0 Å². The lowest BCUT2D eigenvalue weighted by Crippen LogP contribution is -2.24. The van der Waals surface area contributed by atoms with Crippen LogP contribution in [0, 0.1) is 25.5 Å². The molecule has 6 heteroatoms. The largest absolute Gasteiger partial charge is 0.243 e. The summed E-state index contributed by atoms with van der Waals surface area (Å²) in [6, 6.07) is 8.27. The Morgan fingerprint density at radius 1 is 1.05 bits per heavy atom. The van der Waals surface area contributed by atoms with Gasteiger partial charge in [0.25, 0.3) is 0 Å². The minimum Gasteiger partial charge on any atom is -0.207 e. The fourth-order valence-electron chi connectivity index (χ4n) is 2.06. The molecule has 21 heavy (non-hydrogen) atoms. The van der Waals surface area contributed by atoms with Gasteiger partial charge in [-0.2, -0.15) is 0 Å². The molecule has 0 spiro atoms. The second-order valence-corrected chi connectivity index (χ2v) is 6.53. The number of sulfonamides is 1. The molecule has 0 bridgehead atoms. The molecule has 2 aromatic rings. The summed E-state index contributed by atoms with van der Waals surface area (Å²) < 4.78 is 53.4. The van der Waals surface area contributed by atoms with E-state index in [2.05, 4.69) is 4.72 Å². The molecule has 112 valence electrons. The average Bonchev–Trinajstić information content (AvgIpc) is 2.43. The fourth-order valence-corrected chi connectivity index (χ4v) is 3.15. The highest BCUT2D eigenvalue weighted by Gasteiger charge is 2.18. The SMILES string of the molecule is Cc1cc(CNS(=O)(=O)c2ccccc2F)cc(C)c1F. The number of benzene rings is 2. The van der Waals surface area contributed by atoms with Gasteiger partial charge in [0.2, 0.25) is 10.0 Å². The summed E-state index contributed by atoms with van der Waals surface area (Å²) in [5, 5.41) is 0. The zero-order valence-electron chi connectivity index (χ0n) is 11.7. The molecule has 0 fully saturated rings. The van der Waals surface area contributed by atoms with E-state index < -0.39 is 20.7 Å². The highest BCUT2D eigenvalue weighted by Crippen LogP contribution is 2.17. The molecule has 2 rings (SSSR count). The fraction of sp³-hybridized carbons (Fsp3) is 0.200. The van der Waals surface area contributed by atoms with Crippen molar-refractivity contribution in [1.82, 2.24) is 4.72 Å². The number of nitrogens with one attached hydrogen (secondary N) is 1. The molecule has 0 atom stereocenters. The third-order valence-corrected chi connectivity index (χ3v) is 4.52. The lowest BCUT2D eigenvalue weighted by molar-refractivity contribution is 0.556. The van der Waals surface area contributed by atoms with E-state index in [0.29, 0.717) is 16.7 Å². The van der Waals surface area contributed by atoms with E-state index in [4.69, 9.17) is 0 Å². The van der Waals surface area contributed by atoms with Crippen LogP contribution in [0.15, 0.2) is 41.3 Å². The van der Waals surface area contributed by atoms with Crippen molar-refractivity contribution < 1.29 is 17.2 Å². The highest BCUT2D eigenvalue weighted by molar-refractivity contribution is 7.89. The molecule has 1 N–H and O–H groups in total. The normalized spacial score (nSPS) is 11.6. The summed E-state index contributed by atoms with van der Waals surface area (Å²) in [5.41, 5.74) is 1.50. The van der Waals surface area contributed by atoms with Crippen molar-refractivity contribution in [3.63, 3.8) is 0 Å². The monoisotopic (exact) mass is 311 g/mol. The van der Waals surface area contributed by atoms with Crippen LogP contribution in [0.25, 0.3) is 0 Å². The molecule has 0 heterocycles. The molecule has 0 saturated heterocycles. The summed E-state index contributed by atoms with van der Waals surface area (Å²) in [6.45, 7) is 3.19. The van der Waals surface area contributed by atoms with Gasteiger partial charge in [0.1, 0.15) is 16.5 Å². The van der Waals surface area contributed by atoms with Gasteiger partial charge in [-0.25, -0.2) is 21.9 Å². The topological polar surface area (TPSA) is 46.2 Å². The Hall–Kier alpha value is -1.79. The predicted molar refractivity (Wildman–Crippen MR) is 76.3 cm³/mol. The first kappa shape index (κ1) is 15.6. The van der Waals surface area contributed by atoms with E-state index in [1.807, 2.05) is 0 Å². The van der Waals surface area contributed by atoms with Crippen LogP contribution in [0.5, 0.6) is 0 Å². The molecule has 0 aliphatic heterocycles. The zero-order valence-corrected chi connectivity index (χ0v) is 12.5. The first-order chi connectivity index (χ1) is 9.81. The first-order valence-electron chi connectivity index (χ1n) is 6.31.